The molecule has 6 heteroatoms. The van der Waals surface area contributed by atoms with Crippen LogP contribution in [0.4, 0.5) is 18.9 Å². The van der Waals surface area contributed by atoms with Crippen LogP contribution in [0, 0.1) is 0 Å². The third kappa shape index (κ3) is 4.90. The van der Waals surface area contributed by atoms with Crippen molar-refractivity contribution in [2.75, 3.05) is 5.32 Å². The molecule has 0 radical (unpaired) electrons. The maximum Gasteiger partial charge on any atom is 0.416 e. The molecule has 0 saturated heterocycles. The van der Waals surface area contributed by atoms with Crippen LogP contribution in [-0.4, -0.2) is 5.91 Å². The number of nitrogens with one attached hydrogen (secondary N) is 1. The summed E-state index contributed by atoms with van der Waals surface area (Å²) in [5.74, 6) is -0.502. The average molecular weight is 334 g/mol. The maximum atomic E-state index is 12.5. The van der Waals surface area contributed by atoms with Crippen LogP contribution >= 0.6 is 15.9 Å². The Hall–Kier alpha value is -1.56. The molecular formula is C13H11BrF3NO. The number of carbonyl (C=O) groups is 1. The molecule has 0 heterocycles. The molecule has 1 aromatic carbocycles. The molecule has 1 rings (SSSR count). The van der Waals surface area contributed by atoms with Crippen molar-refractivity contribution in [1.29, 1.82) is 0 Å². The minimum atomic E-state index is -4.44. The monoisotopic (exact) mass is 333 g/mol. The molecule has 0 aliphatic rings. The first-order valence-electron chi connectivity index (χ1n) is 5.31. The van der Waals surface area contributed by atoms with Gasteiger partial charge in [0.25, 0.3) is 0 Å². The zero-order chi connectivity index (χ0) is 14.5. The van der Waals surface area contributed by atoms with E-state index in [2.05, 4.69) is 21.2 Å². The molecule has 0 aliphatic carbocycles. The SMILES string of the molecule is CC=CC=CC(=O)Nc1cc(C(F)(F)F)ccc1Br. The van der Waals surface area contributed by atoms with Gasteiger partial charge in [0.15, 0.2) is 0 Å². The predicted molar refractivity (Wildman–Crippen MR) is 71.7 cm³/mol. The summed E-state index contributed by atoms with van der Waals surface area (Å²) in [5, 5.41) is 2.38. The molecule has 2 nitrogen and oxygen atoms in total. The summed E-state index contributed by atoms with van der Waals surface area (Å²) in [5.41, 5.74) is -0.742. The highest BCUT2D eigenvalue weighted by Gasteiger charge is 2.30. The van der Waals surface area contributed by atoms with E-state index in [0.717, 1.165) is 12.1 Å². The number of hydrogen-bond acceptors (Lipinski definition) is 1. The summed E-state index contributed by atoms with van der Waals surface area (Å²) >= 11 is 3.09. The highest BCUT2D eigenvalue weighted by molar-refractivity contribution is 9.10. The highest BCUT2D eigenvalue weighted by Crippen LogP contribution is 2.33. The maximum absolute atomic E-state index is 12.5. The van der Waals surface area contributed by atoms with E-state index in [9.17, 15) is 18.0 Å². The lowest BCUT2D eigenvalue weighted by Crippen LogP contribution is -2.11. The molecule has 0 atom stereocenters. The van der Waals surface area contributed by atoms with Crippen LogP contribution in [0.2, 0.25) is 0 Å². The number of alkyl halides is 3. The fourth-order valence-electron chi connectivity index (χ4n) is 1.23. The molecule has 0 aromatic heterocycles. The first-order valence-corrected chi connectivity index (χ1v) is 6.11. The molecule has 0 fully saturated rings. The second-order valence-electron chi connectivity index (χ2n) is 3.57. The lowest BCUT2D eigenvalue weighted by Gasteiger charge is -2.10. The molecular weight excluding hydrogens is 323 g/mol. The largest absolute Gasteiger partial charge is 0.416 e. The van der Waals surface area contributed by atoms with Gasteiger partial charge in [0.1, 0.15) is 0 Å². The van der Waals surface area contributed by atoms with Crippen LogP contribution in [0.15, 0.2) is 47.0 Å². The van der Waals surface area contributed by atoms with E-state index in [4.69, 9.17) is 0 Å². The van der Waals surface area contributed by atoms with Gasteiger partial charge in [-0.2, -0.15) is 13.2 Å². The Labute approximate surface area is 117 Å². The van der Waals surface area contributed by atoms with Crippen LogP contribution in [0.3, 0.4) is 0 Å². The van der Waals surface area contributed by atoms with Crippen LogP contribution in [-0.2, 0) is 11.0 Å². The van der Waals surface area contributed by atoms with Crippen molar-refractivity contribution >= 4 is 27.5 Å². The third-order valence-electron chi connectivity index (χ3n) is 2.10. The summed E-state index contributed by atoms with van der Waals surface area (Å²) in [7, 11) is 0. The van der Waals surface area contributed by atoms with E-state index in [1.165, 1.54) is 18.2 Å². The number of amides is 1. The number of anilines is 1. The summed E-state index contributed by atoms with van der Waals surface area (Å²) < 4.78 is 38.0. The number of hydrogen-bond donors (Lipinski definition) is 1. The van der Waals surface area contributed by atoms with Crippen molar-refractivity contribution in [1.82, 2.24) is 0 Å². The normalized spacial score (nSPS) is 12.3. The van der Waals surface area contributed by atoms with E-state index in [0.29, 0.717) is 4.47 Å². The molecule has 102 valence electrons. The Morgan fingerprint density at radius 1 is 1.32 bits per heavy atom. The zero-order valence-electron chi connectivity index (χ0n) is 9.96. The van der Waals surface area contributed by atoms with Gasteiger partial charge in [-0.1, -0.05) is 18.2 Å². The van der Waals surface area contributed by atoms with Crippen LogP contribution in [0.1, 0.15) is 12.5 Å². The Balaban J connectivity index is 2.92. The molecule has 1 N–H and O–H groups in total. The van der Waals surface area contributed by atoms with Crippen LogP contribution in [0.5, 0.6) is 0 Å². The second-order valence-corrected chi connectivity index (χ2v) is 4.42. The van der Waals surface area contributed by atoms with E-state index >= 15 is 0 Å². The molecule has 1 aromatic rings. The molecule has 0 aliphatic heterocycles. The van der Waals surface area contributed by atoms with Crippen molar-refractivity contribution in [2.45, 2.75) is 13.1 Å². The number of carbonyl (C=O) groups excluding carboxylic acids is 1. The number of halogens is 4. The minimum Gasteiger partial charge on any atom is -0.321 e. The number of allylic oxidation sites excluding steroid dienone is 3. The van der Waals surface area contributed by atoms with Crippen molar-refractivity contribution in [2.24, 2.45) is 0 Å². The van der Waals surface area contributed by atoms with Gasteiger partial charge in [-0.3, -0.25) is 4.79 Å². The van der Waals surface area contributed by atoms with Crippen molar-refractivity contribution in [3.8, 4) is 0 Å². The first kappa shape index (κ1) is 15.5. The van der Waals surface area contributed by atoms with Gasteiger partial charge in [-0.15, -0.1) is 0 Å². The third-order valence-corrected chi connectivity index (χ3v) is 2.79. The summed E-state index contributed by atoms with van der Waals surface area (Å²) in [4.78, 5) is 11.5. The summed E-state index contributed by atoms with van der Waals surface area (Å²) in [6.07, 6.45) is 1.65. The first-order chi connectivity index (χ1) is 8.84. The van der Waals surface area contributed by atoms with Crippen molar-refractivity contribution in [3.05, 3.63) is 52.5 Å². The molecule has 0 unspecified atom stereocenters. The number of benzene rings is 1. The Bertz CT molecular complexity index is 521. The standard InChI is InChI=1S/C13H11BrF3NO/c1-2-3-4-5-12(19)18-11-8-9(13(15,16)17)6-7-10(11)14/h2-8H,1H3,(H,18,19). The fourth-order valence-corrected chi connectivity index (χ4v) is 1.57. The fraction of sp³-hybridized carbons (Fsp3) is 0.154. The molecule has 1 amide bonds. The van der Waals surface area contributed by atoms with E-state index in [-0.39, 0.29) is 5.69 Å². The molecule has 19 heavy (non-hydrogen) atoms. The van der Waals surface area contributed by atoms with Gasteiger partial charge in [0.05, 0.1) is 11.3 Å². The van der Waals surface area contributed by atoms with Crippen molar-refractivity contribution < 1.29 is 18.0 Å². The lowest BCUT2D eigenvalue weighted by atomic mass is 10.2. The Kier molecular flexibility index (Phi) is 5.35. The quantitative estimate of drug-likeness (QED) is 0.638. The minimum absolute atomic E-state index is 0.0740. The Morgan fingerprint density at radius 2 is 2.00 bits per heavy atom. The molecule has 0 spiro atoms. The topological polar surface area (TPSA) is 29.1 Å². The zero-order valence-corrected chi connectivity index (χ0v) is 11.5. The molecule has 0 saturated carbocycles. The average Bonchev–Trinajstić information content (AvgIpc) is 2.31. The van der Waals surface area contributed by atoms with E-state index in [1.807, 2.05) is 0 Å². The van der Waals surface area contributed by atoms with E-state index < -0.39 is 17.6 Å². The second kappa shape index (κ2) is 6.56. The van der Waals surface area contributed by atoms with E-state index in [1.54, 1.807) is 19.1 Å². The summed E-state index contributed by atoms with van der Waals surface area (Å²) in [6.45, 7) is 1.78. The van der Waals surface area contributed by atoms with Gasteiger partial charge in [-0.05, 0) is 41.1 Å². The number of rotatable bonds is 3. The lowest BCUT2D eigenvalue weighted by molar-refractivity contribution is -0.137. The smallest absolute Gasteiger partial charge is 0.321 e. The van der Waals surface area contributed by atoms with Crippen LogP contribution in [0.25, 0.3) is 0 Å². The molecule has 0 bridgehead atoms. The Morgan fingerprint density at radius 3 is 2.58 bits per heavy atom. The van der Waals surface area contributed by atoms with Gasteiger partial charge in [0, 0.05) is 10.5 Å². The highest BCUT2D eigenvalue weighted by atomic mass is 79.9. The van der Waals surface area contributed by atoms with Crippen molar-refractivity contribution in [3.63, 3.8) is 0 Å². The predicted octanol–water partition coefficient (Wildman–Crippen LogP) is 4.54. The summed E-state index contributed by atoms with van der Waals surface area (Å²) in [6, 6.07) is 3.06. The van der Waals surface area contributed by atoms with Gasteiger partial charge in [-0.25, -0.2) is 0 Å². The van der Waals surface area contributed by atoms with Gasteiger partial charge in [0.2, 0.25) is 5.91 Å². The van der Waals surface area contributed by atoms with Gasteiger partial charge >= 0.3 is 6.18 Å². The van der Waals surface area contributed by atoms with Crippen LogP contribution < -0.4 is 5.32 Å². The van der Waals surface area contributed by atoms with Gasteiger partial charge < -0.3 is 5.32 Å².